The van der Waals surface area contributed by atoms with E-state index < -0.39 is 0 Å². The Labute approximate surface area is 54.4 Å². The maximum atomic E-state index is 9.83. The topological polar surface area (TPSA) is 38.3 Å². The summed E-state index contributed by atoms with van der Waals surface area (Å²) in [4.78, 5) is 9.83. The molecule has 0 amide bonds. The molecule has 0 unspecified atom stereocenters. The number of nitrogens with one attached hydrogen (secondary N) is 1. The zero-order valence-electron chi connectivity index (χ0n) is 5.30. The standard InChI is InChI=1S/C6H11NO2/c8-5-9-6-1-3-7-4-2-6/h5-7H,1-4H2. The highest BCUT2D eigenvalue weighted by molar-refractivity contribution is 5.37. The van der Waals surface area contributed by atoms with Gasteiger partial charge < -0.3 is 10.1 Å². The Balaban J connectivity index is 2.15. The summed E-state index contributed by atoms with van der Waals surface area (Å²) in [7, 11) is 0. The van der Waals surface area contributed by atoms with Crippen LogP contribution in [-0.4, -0.2) is 25.7 Å². The fourth-order valence-electron chi connectivity index (χ4n) is 1.01. The van der Waals surface area contributed by atoms with Crippen LogP contribution in [0.5, 0.6) is 0 Å². The Morgan fingerprint density at radius 2 is 2.11 bits per heavy atom. The number of carbonyl (C=O) groups is 1. The van der Waals surface area contributed by atoms with Gasteiger partial charge in [-0.1, -0.05) is 0 Å². The van der Waals surface area contributed by atoms with E-state index in [0.29, 0.717) is 6.47 Å². The van der Waals surface area contributed by atoms with E-state index in [1.54, 1.807) is 0 Å². The molecule has 1 aliphatic heterocycles. The van der Waals surface area contributed by atoms with Gasteiger partial charge in [0.05, 0.1) is 0 Å². The number of carbonyl (C=O) groups excluding carboxylic acids is 1. The molecular weight excluding hydrogens is 118 g/mol. The smallest absolute Gasteiger partial charge is 0.293 e. The highest BCUT2D eigenvalue weighted by atomic mass is 16.5. The average Bonchev–Trinajstić information content (AvgIpc) is 1.91. The highest BCUT2D eigenvalue weighted by Crippen LogP contribution is 2.04. The molecule has 1 heterocycles. The summed E-state index contributed by atoms with van der Waals surface area (Å²) in [5.41, 5.74) is 0. The summed E-state index contributed by atoms with van der Waals surface area (Å²) in [5.74, 6) is 0. The fraction of sp³-hybridized carbons (Fsp3) is 0.833. The number of hydrogen-bond acceptors (Lipinski definition) is 3. The molecule has 52 valence electrons. The maximum Gasteiger partial charge on any atom is 0.293 e. The van der Waals surface area contributed by atoms with Crippen LogP contribution in [0.1, 0.15) is 12.8 Å². The lowest BCUT2D eigenvalue weighted by atomic mass is 10.1. The molecule has 1 N–H and O–H groups in total. The van der Waals surface area contributed by atoms with Gasteiger partial charge in [-0.3, -0.25) is 4.79 Å². The molecule has 0 aromatic rings. The SMILES string of the molecule is O=COC1CCNCC1. The van der Waals surface area contributed by atoms with Gasteiger partial charge in [-0.2, -0.15) is 0 Å². The molecule has 0 aromatic heterocycles. The Morgan fingerprint density at radius 3 is 2.67 bits per heavy atom. The van der Waals surface area contributed by atoms with Crippen molar-refractivity contribution in [2.45, 2.75) is 18.9 Å². The van der Waals surface area contributed by atoms with Crippen molar-refractivity contribution in [1.82, 2.24) is 5.32 Å². The van der Waals surface area contributed by atoms with Gasteiger partial charge in [0.2, 0.25) is 0 Å². The van der Waals surface area contributed by atoms with Crippen molar-refractivity contribution in [2.75, 3.05) is 13.1 Å². The Hall–Kier alpha value is -0.570. The van der Waals surface area contributed by atoms with E-state index in [4.69, 9.17) is 4.74 Å². The van der Waals surface area contributed by atoms with Crippen LogP contribution in [0.2, 0.25) is 0 Å². The van der Waals surface area contributed by atoms with Crippen LogP contribution in [0.25, 0.3) is 0 Å². The Bertz CT molecular complexity index is 89.1. The van der Waals surface area contributed by atoms with Crippen LogP contribution < -0.4 is 5.32 Å². The van der Waals surface area contributed by atoms with Gasteiger partial charge in [-0.25, -0.2) is 0 Å². The van der Waals surface area contributed by atoms with Crippen LogP contribution in [0, 0.1) is 0 Å². The molecule has 0 aliphatic carbocycles. The van der Waals surface area contributed by atoms with Crippen LogP contribution in [-0.2, 0) is 9.53 Å². The number of piperidine rings is 1. The minimum Gasteiger partial charge on any atom is -0.464 e. The lowest BCUT2D eigenvalue weighted by Gasteiger charge is -2.20. The van der Waals surface area contributed by atoms with Crippen LogP contribution in [0.15, 0.2) is 0 Å². The van der Waals surface area contributed by atoms with Crippen LogP contribution in [0.4, 0.5) is 0 Å². The van der Waals surface area contributed by atoms with E-state index in [2.05, 4.69) is 5.32 Å². The third-order valence-electron chi connectivity index (χ3n) is 1.53. The number of ether oxygens (including phenoxy) is 1. The summed E-state index contributed by atoms with van der Waals surface area (Å²) < 4.78 is 4.76. The zero-order chi connectivity index (χ0) is 6.53. The van der Waals surface area contributed by atoms with Crippen LogP contribution in [0.3, 0.4) is 0 Å². The number of rotatable bonds is 2. The van der Waals surface area contributed by atoms with E-state index in [1.807, 2.05) is 0 Å². The summed E-state index contributed by atoms with van der Waals surface area (Å²) >= 11 is 0. The van der Waals surface area contributed by atoms with Crippen molar-refractivity contribution in [3.8, 4) is 0 Å². The van der Waals surface area contributed by atoms with Crippen molar-refractivity contribution in [3.05, 3.63) is 0 Å². The molecule has 1 aliphatic rings. The second-order valence-electron chi connectivity index (χ2n) is 2.18. The molecule has 0 aromatic carbocycles. The maximum absolute atomic E-state index is 9.83. The second kappa shape index (κ2) is 3.45. The van der Waals surface area contributed by atoms with E-state index in [-0.39, 0.29) is 6.10 Å². The summed E-state index contributed by atoms with van der Waals surface area (Å²) in [6, 6.07) is 0. The van der Waals surface area contributed by atoms with Crippen molar-refractivity contribution < 1.29 is 9.53 Å². The average molecular weight is 129 g/mol. The van der Waals surface area contributed by atoms with Crippen molar-refractivity contribution in [1.29, 1.82) is 0 Å². The van der Waals surface area contributed by atoms with Crippen molar-refractivity contribution >= 4 is 6.47 Å². The predicted molar refractivity (Wildman–Crippen MR) is 33.0 cm³/mol. The van der Waals surface area contributed by atoms with Gasteiger partial charge in [0.25, 0.3) is 6.47 Å². The van der Waals surface area contributed by atoms with Gasteiger partial charge in [0, 0.05) is 0 Å². The molecule has 1 saturated heterocycles. The molecular formula is C6H11NO2. The molecule has 3 heteroatoms. The third kappa shape index (κ3) is 2.01. The number of hydrogen-bond donors (Lipinski definition) is 1. The van der Waals surface area contributed by atoms with Gasteiger partial charge >= 0.3 is 0 Å². The van der Waals surface area contributed by atoms with E-state index >= 15 is 0 Å². The van der Waals surface area contributed by atoms with Crippen molar-refractivity contribution in [3.63, 3.8) is 0 Å². The molecule has 1 rings (SSSR count). The summed E-state index contributed by atoms with van der Waals surface area (Å²) in [5, 5.41) is 3.18. The molecule has 0 saturated carbocycles. The van der Waals surface area contributed by atoms with Gasteiger partial charge in [-0.05, 0) is 25.9 Å². The first-order chi connectivity index (χ1) is 4.43. The zero-order valence-corrected chi connectivity index (χ0v) is 5.30. The Kier molecular flexibility index (Phi) is 2.51. The largest absolute Gasteiger partial charge is 0.464 e. The molecule has 0 bridgehead atoms. The minimum absolute atomic E-state index is 0.170. The third-order valence-corrected chi connectivity index (χ3v) is 1.53. The van der Waals surface area contributed by atoms with E-state index in [1.165, 1.54) is 0 Å². The molecule has 1 fully saturated rings. The molecule has 9 heavy (non-hydrogen) atoms. The second-order valence-corrected chi connectivity index (χ2v) is 2.18. The van der Waals surface area contributed by atoms with E-state index in [0.717, 1.165) is 25.9 Å². The first kappa shape index (κ1) is 6.55. The van der Waals surface area contributed by atoms with Gasteiger partial charge in [0.15, 0.2) is 0 Å². The summed E-state index contributed by atoms with van der Waals surface area (Å²) in [6.07, 6.45) is 2.08. The molecule has 0 atom stereocenters. The first-order valence-corrected chi connectivity index (χ1v) is 3.23. The van der Waals surface area contributed by atoms with Crippen LogP contribution >= 0.6 is 0 Å². The van der Waals surface area contributed by atoms with E-state index in [9.17, 15) is 4.79 Å². The van der Waals surface area contributed by atoms with Gasteiger partial charge in [0.1, 0.15) is 6.10 Å². The molecule has 0 radical (unpaired) electrons. The van der Waals surface area contributed by atoms with Gasteiger partial charge in [-0.15, -0.1) is 0 Å². The Morgan fingerprint density at radius 1 is 1.44 bits per heavy atom. The molecule has 3 nitrogen and oxygen atoms in total. The van der Waals surface area contributed by atoms with Crippen molar-refractivity contribution in [2.24, 2.45) is 0 Å². The highest BCUT2D eigenvalue weighted by Gasteiger charge is 2.12. The predicted octanol–water partition coefficient (Wildman–Crippen LogP) is -0.0886. The first-order valence-electron chi connectivity index (χ1n) is 3.23. The monoisotopic (exact) mass is 129 g/mol. The lowest BCUT2D eigenvalue weighted by Crippen LogP contribution is -2.32. The quantitative estimate of drug-likeness (QED) is 0.529. The normalized spacial score (nSPS) is 21.3. The minimum atomic E-state index is 0.170. The summed E-state index contributed by atoms with van der Waals surface area (Å²) in [6.45, 7) is 2.48. The lowest BCUT2D eigenvalue weighted by molar-refractivity contribution is -0.134. The molecule has 0 spiro atoms. The fourth-order valence-corrected chi connectivity index (χ4v) is 1.01.